The van der Waals surface area contributed by atoms with Crippen LogP contribution in [0.25, 0.3) is 0 Å². The monoisotopic (exact) mass is 284 g/mol. The van der Waals surface area contributed by atoms with Crippen molar-refractivity contribution in [1.29, 1.82) is 0 Å². The zero-order valence-electron chi connectivity index (χ0n) is 11.5. The van der Waals surface area contributed by atoms with E-state index >= 15 is 0 Å². The Balaban J connectivity index is 2.97. The molecule has 5 nitrogen and oxygen atoms in total. The number of amides is 1. The molecule has 0 fully saturated rings. The lowest BCUT2D eigenvalue weighted by Crippen LogP contribution is -2.28. The third kappa shape index (κ3) is 4.04. The van der Waals surface area contributed by atoms with Crippen molar-refractivity contribution in [3.63, 3.8) is 0 Å². The second-order valence-electron chi connectivity index (χ2n) is 4.32. The number of nitrogens with zero attached hydrogens (tertiary/aromatic N) is 1. The fourth-order valence-electron chi connectivity index (χ4n) is 1.63. The summed E-state index contributed by atoms with van der Waals surface area (Å²) < 4.78 is 25.6. The van der Waals surface area contributed by atoms with Crippen LogP contribution in [0.5, 0.6) is 0 Å². The smallest absolute Gasteiger partial charge is 0.253 e. The van der Waals surface area contributed by atoms with Crippen LogP contribution in [0.3, 0.4) is 0 Å². The highest BCUT2D eigenvalue weighted by Gasteiger charge is 2.16. The van der Waals surface area contributed by atoms with Crippen LogP contribution in [-0.2, 0) is 10.0 Å². The van der Waals surface area contributed by atoms with Gasteiger partial charge in [0.15, 0.2) is 0 Å². The molecule has 1 N–H and O–H groups in total. The van der Waals surface area contributed by atoms with Crippen molar-refractivity contribution >= 4 is 15.9 Å². The van der Waals surface area contributed by atoms with Crippen LogP contribution in [-0.4, -0.2) is 39.9 Å². The van der Waals surface area contributed by atoms with Crippen LogP contribution in [0.2, 0.25) is 0 Å². The molecule has 0 saturated carbocycles. The molecule has 0 atom stereocenters. The molecule has 19 heavy (non-hydrogen) atoms. The highest BCUT2D eigenvalue weighted by atomic mass is 32.2. The van der Waals surface area contributed by atoms with E-state index in [1.54, 1.807) is 24.1 Å². The van der Waals surface area contributed by atoms with E-state index in [4.69, 9.17) is 0 Å². The number of unbranched alkanes of at least 4 members (excludes halogenated alkanes) is 1. The van der Waals surface area contributed by atoms with Gasteiger partial charge in [-0.3, -0.25) is 4.79 Å². The maximum atomic E-state index is 12.1. The molecule has 0 saturated heterocycles. The van der Waals surface area contributed by atoms with Crippen LogP contribution in [0.15, 0.2) is 29.2 Å². The van der Waals surface area contributed by atoms with E-state index in [2.05, 4.69) is 11.6 Å². The molecule has 0 aliphatic heterocycles. The van der Waals surface area contributed by atoms with Gasteiger partial charge >= 0.3 is 0 Å². The Bertz CT molecular complexity index is 541. The number of hydrogen-bond acceptors (Lipinski definition) is 3. The summed E-state index contributed by atoms with van der Waals surface area (Å²) in [7, 11) is -0.454. The Labute approximate surface area is 114 Å². The summed E-state index contributed by atoms with van der Waals surface area (Å²) in [4.78, 5) is 13.8. The van der Waals surface area contributed by atoms with Gasteiger partial charge < -0.3 is 4.90 Å². The number of benzene rings is 1. The summed E-state index contributed by atoms with van der Waals surface area (Å²) in [6.45, 7) is 2.72. The first-order chi connectivity index (χ1) is 8.92. The fraction of sp³-hybridized carbons (Fsp3) is 0.462. The summed E-state index contributed by atoms with van der Waals surface area (Å²) in [5, 5.41) is 0. The van der Waals surface area contributed by atoms with E-state index in [9.17, 15) is 13.2 Å². The van der Waals surface area contributed by atoms with Crippen LogP contribution < -0.4 is 4.72 Å². The molecule has 1 aromatic carbocycles. The summed E-state index contributed by atoms with van der Waals surface area (Å²) in [5.41, 5.74) is 0.384. The summed E-state index contributed by atoms with van der Waals surface area (Å²) in [6, 6.07) is 6.07. The second-order valence-corrected chi connectivity index (χ2v) is 6.20. The van der Waals surface area contributed by atoms with Gasteiger partial charge in [0.1, 0.15) is 0 Å². The molecule has 1 aromatic rings. The van der Waals surface area contributed by atoms with E-state index in [0.717, 1.165) is 12.8 Å². The molecule has 0 bridgehead atoms. The van der Waals surface area contributed by atoms with Crippen LogP contribution in [0.1, 0.15) is 30.1 Å². The van der Waals surface area contributed by atoms with Crippen molar-refractivity contribution in [2.24, 2.45) is 0 Å². The summed E-state index contributed by atoms with van der Waals surface area (Å²) >= 11 is 0. The Morgan fingerprint density at radius 1 is 1.37 bits per heavy atom. The van der Waals surface area contributed by atoms with Crippen molar-refractivity contribution in [2.45, 2.75) is 24.7 Å². The third-order valence-electron chi connectivity index (χ3n) is 2.85. The standard InChI is InChI=1S/C13H20N2O3S/c1-4-5-9-15(3)13(16)11-7-6-8-12(10-11)19(17,18)14-2/h6-8,10,14H,4-5,9H2,1-3H3. The first-order valence-corrected chi connectivity index (χ1v) is 7.69. The quantitative estimate of drug-likeness (QED) is 0.860. The average molecular weight is 284 g/mol. The summed E-state index contributed by atoms with van der Waals surface area (Å²) in [6.07, 6.45) is 1.93. The van der Waals surface area contributed by atoms with E-state index < -0.39 is 10.0 Å². The van der Waals surface area contributed by atoms with E-state index in [1.807, 2.05) is 0 Å². The van der Waals surface area contributed by atoms with Crippen LogP contribution in [0.4, 0.5) is 0 Å². The molecule has 0 aliphatic carbocycles. The number of carbonyl (C=O) groups is 1. The second kappa shape index (κ2) is 6.68. The predicted molar refractivity (Wildman–Crippen MR) is 74.6 cm³/mol. The highest BCUT2D eigenvalue weighted by Crippen LogP contribution is 2.13. The van der Waals surface area contributed by atoms with Crippen LogP contribution >= 0.6 is 0 Å². The molecule has 0 radical (unpaired) electrons. The lowest BCUT2D eigenvalue weighted by Gasteiger charge is -2.17. The minimum atomic E-state index is -3.52. The van der Waals surface area contributed by atoms with Gasteiger partial charge in [-0.05, 0) is 31.7 Å². The van der Waals surface area contributed by atoms with Gasteiger partial charge in [0.05, 0.1) is 4.90 Å². The van der Waals surface area contributed by atoms with Gasteiger partial charge in [0.25, 0.3) is 5.91 Å². The number of carbonyl (C=O) groups excluding carboxylic acids is 1. The molecule has 1 rings (SSSR count). The van der Waals surface area contributed by atoms with E-state index in [-0.39, 0.29) is 10.8 Å². The van der Waals surface area contributed by atoms with Crippen molar-refractivity contribution < 1.29 is 13.2 Å². The van der Waals surface area contributed by atoms with Crippen molar-refractivity contribution in [3.8, 4) is 0 Å². The topological polar surface area (TPSA) is 66.5 Å². The zero-order chi connectivity index (χ0) is 14.5. The number of nitrogens with one attached hydrogen (secondary N) is 1. The lowest BCUT2D eigenvalue weighted by atomic mass is 10.2. The summed E-state index contributed by atoms with van der Waals surface area (Å²) in [5.74, 6) is -0.165. The largest absolute Gasteiger partial charge is 0.342 e. The van der Waals surface area contributed by atoms with Gasteiger partial charge in [-0.25, -0.2) is 13.1 Å². The Morgan fingerprint density at radius 2 is 2.05 bits per heavy atom. The van der Waals surface area contributed by atoms with Gasteiger partial charge in [0.2, 0.25) is 10.0 Å². The van der Waals surface area contributed by atoms with Crippen LogP contribution in [0, 0.1) is 0 Å². The number of hydrogen-bond donors (Lipinski definition) is 1. The molecule has 0 spiro atoms. The van der Waals surface area contributed by atoms with E-state index in [0.29, 0.717) is 12.1 Å². The molecule has 0 aromatic heterocycles. The van der Waals surface area contributed by atoms with Gasteiger partial charge in [-0.2, -0.15) is 0 Å². The SMILES string of the molecule is CCCCN(C)C(=O)c1cccc(S(=O)(=O)NC)c1. The Hall–Kier alpha value is -1.40. The molecule has 0 heterocycles. The first-order valence-electron chi connectivity index (χ1n) is 6.21. The Morgan fingerprint density at radius 3 is 2.63 bits per heavy atom. The zero-order valence-corrected chi connectivity index (χ0v) is 12.3. The third-order valence-corrected chi connectivity index (χ3v) is 4.27. The van der Waals surface area contributed by atoms with Crippen molar-refractivity contribution in [2.75, 3.05) is 20.6 Å². The Kier molecular flexibility index (Phi) is 5.50. The van der Waals surface area contributed by atoms with E-state index in [1.165, 1.54) is 19.2 Å². The molecule has 0 unspecified atom stereocenters. The molecular weight excluding hydrogens is 264 g/mol. The van der Waals surface area contributed by atoms with Crippen molar-refractivity contribution in [3.05, 3.63) is 29.8 Å². The maximum Gasteiger partial charge on any atom is 0.253 e. The first kappa shape index (κ1) is 15.7. The fourth-order valence-corrected chi connectivity index (χ4v) is 2.41. The maximum absolute atomic E-state index is 12.1. The number of sulfonamides is 1. The normalized spacial score (nSPS) is 11.3. The van der Waals surface area contributed by atoms with Crippen molar-refractivity contribution in [1.82, 2.24) is 9.62 Å². The lowest BCUT2D eigenvalue weighted by molar-refractivity contribution is 0.0793. The van der Waals surface area contributed by atoms with Gasteiger partial charge in [0, 0.05) is 19.2 Å². The van der Waals surface area contributed by atoms with Gasteiger partial charge in [-0.1, -0.05) is 19.4 Å². The molecular formula is C13H20N2O3S. The average Bonchev–Trinajstić information content (AvgIpc) is 2.44. The molecule has 1 amide bonds. The molecule has 106 valence electrons. The molecule has 6 heteroatoms. The minimum absolute atomic E-state index is 0.102. The minimum Gasteiger partial charge on any atom is -0.342 e. The predicted octanol–water partition coefficient (Wildman–Crippen LogP) is 1.47. The molecule has 0 aliphatic rings. The highest BCUT2D eigenvalue weighted by molar-refractivity contribution is 7.89. The van der Waals surface area contributed by atoms with Gasteiger partial charge in [-0.15, -0.1) is 0 Å². The number of rotatable bonds is 6.